The van der Waals surface area contributed by atoms with E-state index < -0.39 is 9.24 Å². The van der Waals surface area contributed by atoms with Gasteiger partial charge < -0.3 is 4.51 Å². The van der Waals surface area contributed by atoms with E-state index in [2.05, 4.69) is 0 Å². The summed E-state index contributed by atoms with van der Waals surface area (Å²) in [6.45, 7) is 5.42. The SMILES string of the molecule is [C-]#[N+][Si](F)(F)F. The monoisotopic (exact) mass is 111 g/mol. The van der Waals surface area contributed by atoms with E-state index in [4.69, 9.17) is 6.57 Å². The van der Waals surface area contributed by atoms with Crippen molar-refractivity contribution in [3.63, 3.8) is 0 Å². The molecule has 0 saturated carbocycles. The summed E-state index contributed by atoms with van der Waals surface area (Å²) in [5.41, 5.74) is 0. The highest BCUT2D eigenvalue weighted by atomic mass is 28.5. The Bertz CT molecular complexity index is 77.8. The summed E-state index contributed by atoms with van der Waals surface area (Å²) in [6, 6.07) is 0. The molecule has 0 heterocycles. The van der Waals surface area contributed by atoms with E-state index in [1.54, 1.807) is 0 Å². The Morgan fingerprint density at radius 2 is 1.50 bits per heavy atom. The van der Waals surface area contributed by atoms with Crippen molar-refractivity contribution in [1.82, 2.24) is 0 Å². The second-order valence-corrected chi connectivity index (χ2v) is 1.74. The van der Waals surface area contributed by atoms with Crippen molar-refractivity contribution >= 4 is 9.24 Å². The molecule has 1 nitrogen and oxygen atoms in total. The Morgan fingerprint density at radius 3 is 1.50 bits per heavy atom. The van der Waals surface area contributed by atoms with E-state index in [1.165, 1.54) is 4.51 Å². The average Bonchev–Trinajstić information content (AvgIpc) is 1.35. The fraction of sp³-hybridized carbons (Fsp3) is 0. The number of hydrogen-bond acceptors (Lipinski definition) is 0. The van der Waals surface area contributed by atoms with Crippen molar-refractivity contribution in [2.45, 2.75) is 0 Å². The maximum Gasteiger partial charge on any atom is 1.09 e. The summed E-state index contributed by atoms with van der Waals surface area (Å²) in [5.74, 6) is 0. The van der Waals surface area contributed by atoms with Crippen molar-refractivity contribution in [3.05, 3.63) is 11.1 Å². The Balaban J connectivity index is 3.55. The fourth-order valence-electron chi connectivity index (χ4n) is 0. The summed E-state index contributed by atoms with van der Waals surface area (Å²) in [4.78, 5) is 0. The maximum atomic E-state index is 10.6. The van der Waals surface area contributed by atoms with Crippen molar-refractivity contribution in [2.75, 3.05) is 0 Å². The summed E-state index contributed by atoms with van der Waals surface area (Å²) >= 11 is 0. The second-order valence-electron chi connectivity index (χ2n) is 0.580. The van der Waals surface area contributed by atoms with Crippen molar-refractivity contribution in [3.8, 4) is 0 Å². The second kappa shape index (κ2) is 1.30. The number of nitrogens with zero attached hydrogens (tertiary/aromatic N) is 1. The van der Waals surface area contributed by atoms with Gasteiger partial charge in [0.15, 0.2) is 0 Å². The first-order chi connectivity index (χ1) is 2.56. The highest BCUT2D eigenvalue weighted by Gasteiger charge is 2.56. The number of halogens is 3. The van der Waals surface area contributed by atoms with Crippen LogP contribution in [0.1, 0.15) is 0 Å². The van der Waals surface area contributed by atoms with E-state index in [0.717, 1.165) is 0 Å². The summed E-state index contributed by atoms with van der Waals surface area (Å²) in [5, 5.41) is 0. The van der Waals surface area contributed by atoms with Crippen LogP contribution in [0.3, 0.4) is 0 Å². The Kier molecular flexibility index (Phi) is 1.19. The van der Waals surface area contributed by atoms with Crippen molar-refractivity contribution in [2.24, 2.45) is 0 Å². The smallest absolute Gasteiger partial charge is 0.325 e. The van der Waals surface area contributed by atoms with Gasteiger partial charge in [0.2, 0.25) is 0 Å². The summed E-state index contributed by atoms with van der Waals surface area (Å²) in [7, 11) is -5.84. The predicted molar refractivity (Wildman–Crippen MR) is 15.7 cm³/mol. The van der Waals surface area contributed by atoms with Gasteiger partial charge in [-0.05, 0) is 0 Å². The van der Waals surface area contributed by atoms with Crippen LogP contribution in [0.5, 0.6) is 0 Å². The first kappa shape index (κ1) is 5.50. The third-order valence-electron chi connectivity index (χ3n) is 0.127. The molecule has 0 fully saturated rings. The fourth-order valence-corrected chi connectivity index (χ4v) is 0. The first-order valence-corrected chi connectivity index (χ1v) is 2.60. The lowest BCUT2D eigenvalue weighted by Gasteiger charge is -1.71. The molecule has 0 aliphatic rings. The lowest BCUT2D eigenvalue weighted by molar-refractivity contribution is 0.497. The molecule has 0 N–H and O–H groups in total. The van der Waals surface area contributed by atoms with E-state index in [1.807, 2.05) is 0 Å². The van der Waals surface area contributed by atoms with Crippen LogP contribution >= 0.6 is 0 Å². The lowest BCUT2D eigenvalue weighted by Crippen LogP contribution is -2.05. The van der Waals surface area contributed by atoms with Crippen molar-refractivity contribution in [1.29, 1.82) is 0 Å². The molecule has 6 heavy (non-hydrogen) atoms. The topological polar surface area (TPSA) is 4.36 Å². The van der Waals surface area contributed by atoms with E-state index in [-0.39, 0.29) is 0 Å². The normalized spacial score (nSPS) is 10.3. The molecule has 34 valence electrons. The Labute approximate surface area is 33.8 Å². The van der Waals surface area contributed by atoms with Gasteiger partial charge in [0.1, 0.15) is 0 Å². The van der Waals surface area contributed by atoms with Gasteiger partial charge in [0.25, 0.3) is 0 Å². The molecule has 0 aliphatic heterocycles. The Morgan fingerprint density at radius 1 is 1.33 bits per heavy atom. The minimum absolute atomic E-state index is 1.41. The zero-order chi connectivity index (χ0) is 5.21. The molecule has 0 atom stereocenters. The molecule has 0 bridgehead atoms. The molecule has 0 rings (SSSR count). The minimum Gasteiger partial charge on any atom is -0.325 e. The van der Waals surface area contributed by atoms with Gasteiger partial charge >= 0.3 is 9.24 Å². The standard InChI is InChI=1S/CF3NSi/c1-5-6(2,3)4. The van der Waals surface area contributed by atoms with Crippen LogP contribution < -0.4 is 0 Å². The van der Waals surface area contributed by atoms with E-state index in [0.29, 0.717) is 0 Å². The van der Waals surface area contributed by atoms with Crippen LogP contribution in [0.2, 0.25) is 0 Å². The largest absolute Gasteiger partial charge is 1.09 e. The van der Waals surface area contributed by atoms with Crippen LogP contribution in [0.15, 0.2) is 0 Å². The molecule has 0 unspecified atom stereocenters. The zero-order valence-corrected chi connectivity index (χ0v) is 3.58. The van der Waals surface area contributed by atoms with Crippen LogP contribution in [0.25, 0.3) is 4.51 Å². The van der Waals surface area contributed by atoms with Gasteiger partial charge in [-0.25, -0.2) is 0 Å². The zero-order valence-electron chi connectivity index (χ0n) is 2.58. The lowest BCUT2D eigenvalue weighted by atomic mass is 11.9. The predicted octanol–water partition coefficient (Wildman–Crippen LogP) is 1.25. The van der Waals surface area contributed by atoms with E-state index >= 15 is 0 Å². The third-order valence-corrected chi connectivity index (χ3v) is 0.380. The molecule has 0 spiro atoms. The molecule has 0 aromatic heterocycles. The van der Waals surface area contributed by atoms with Crippen LogP contribution in [0.4, 0.5) is 12.3 Å². The molecule has 0 aliphatic carbocycles. The first-order valence-electron chi connectivity index (χ1n) is 1.01. The molecular formula is CF3NSi. The van der Waals surface area contributed by atoms with Crippen LogP contribution in [-0.2, 0) is 0 Å². The third kappa shape index (κ3) is 3.50. The summed E-state index contributed by atoms with van der Waals surface area (Å²) < 4.78 is 33.1. The van der Waals surface area contributed by atoms with Gasteiger partial charge in [-0.2, -0.15) is 12.3 Å². The molecule has 0 aromatic rings. The van der Waals surface area contributed by atoms with Crippen molar-refractivity contribution < 1.29 is 12.3 Å². The van der Waals surface area contributed by atoms with Gasteiger partial charge in [-0.1, -0.05) is 0 Å². The van der Waals surface area contributed by atoms with Crippen LogP contribution in [-0.4, -0.2) is 9.24 Å². The van der Waals surface area contributed by atoms with Crippen LogP contribution in [0, 0.1) is 6.57 Å². The molecule has 0 aromatic carbocycles. The Hall–Kier alpha value is -0.503. The van der Waals surface area contributed by atoms with Gasteiger partial charge in [0, 0.05) is 0 Å². The average molecular weight is 111 g/mol. The number of hydrogen-bond donors (Lipinski definition) is 0. The molecule has 5 heteroatoms. The van der Waals surface area contributed by atoms with Gasteiger partial charge in [-0.15, -0.1) is 0 Å². The number of rotatable bonds is 0. The quantitative estimate of drug-likeness (QED) is 0.252. The minimum atomic E-state index is -5.84. The van der Waals surface area contributed by atoms with E-state index in [9.17, 15) is 12.3 Å². The molecule has 0 radical (unpaired) electrons. The highest BCUT2D eigenvalue weighted by Crippen LogP contribution is 2.07. The molecular weight excluding hydrogens is 111 g/mol. The molecule has 0 saturated heterocycles. The van der Waals surface area contributed by atoms with Gasteiger partial charge in [0.05, 0.1) is 0 Å². The van der Waals surface area contributed by atoms with Gasteiger partial charge in [-0.3, -0.25) is 6.57 Å². The highest BCUT2D eigenvalue weighted by molar-refractivity contribution is 6.62. The maximum absolute atomic E-state index is 10.6. The molecule has 0 amide bonds. The summed E-state index contributed by atoms with van der Waals surface area (Å²) in [6.07, 6.45) is 0.